The third-order valence-electron chi connectivity index (χ3n) is 5.06. The molecule has 0 saturated heterocycles. The lowest BCUT2D eigenvalue weighted by Gasteiger charge is -2.20. The van der Waals surface area contributed by atoms with Crippen LogP contribution in [0.25, 0.3) is 0 Å². The number of rotatable bonds is 9. The molecule has 3 heterocycles. The number of hydrogen-bond donors (Lipinski definition) is 4. The molecule has 6 N–H and O–H groups in total. The highest BCUT2D eigenvalue weighted by atomic mass is 32.2. The van der Waals surface area contributed by atoms with Crippen molar-refractivity contribution in [3.63, 3.8) is 0 Å². The molecule has 0 unspecified atom stereocenters. The number of ether oxygens (including phenoxy) is 2. The molecule has 0 atom stereocenters. The predicted octanol–water partition coefficient (Wildman–Crippen LogP) is 1.29. The number of fused-ring (bicyclic) bond motifs is 1. The van der Waals surface area contributed by atoms with Gasteiger partial charge in [0.1, 0.15) is 23.2 Å². The number of aromatic amines is 2. The molecular formula is C22H22N6O6S2. The zero-order chi connectivity index (χ0) is 26.0. The van der Waals surface area contributed by atoms with Crippen LogP contribution in [-0.4, -0.2) is 49.8 Å². The Hall–Kier alpha value is -3.78. The lowest BCUT2D eigenvalue weighted by Crippen LogP contribution is -2.28. The summed E-state index contributed by atoms with van der Waals surface area (Å²) < 4.78 is 10.8. The normalized spacial score (nSPS) is 12.2. The van der Waals surface area contributed by atoms with Gasteiger partial charge in [0, 0.05) is 0 Å². The minimum absolute atomic E-state index is 0.0239. The van der Waals surface area contributed by atoms with Gasteiger partial charge in [0.25, 0.3) is 11.1 Å². The summed E-state index contributed by atoms with van der Waals surface area (Å²) in [7, 11) is 0. The van der Waals surface area contributed by atoms with Gasteiger partial charge in [-0.25, -0.2) is 9.97 Å². The summed E-state index contributed by atoms with van der Waals surface area (Å²) >= 11 is 2.07. The standard InChI is InChI=1S/C22H22N6O6S2/c1-9(29)6-35-21-25-17(23)15(19(31)27-21)14(11-3-4-12-13(5-11)34-8-33-12)16-18(24)26-22(28-20(16)32)36-7-10(2)30/h3-5,14H,6-8H2,1-2H3,(H3,23,25,27,31)(H3,24,26,28,32). The average molecular weight is 531 g/mol. The number of anilines is 2. The monoisotopic (exact) mass is 530 g/mol. The molecule has 36 heavy (non-hydrogen) atoms. The lowest BCUT2D eigenvalue weighted by molar-refractivity contribution is -0.115. The van der Waals surface area contributed by atoms with Crippen LogP contribution >= 0.6 is 23.5 Å². The first-order valence-corrected chi connectivity index (χ1v) is 12.5. The Bertz CT molecular complexity index is 1390. The number of Topliss-reactive ketones (excluding diaryl/α,β-unsaturated/α-hetero) is 2. The van der Waals surface area contributed by atoms with Crippen LogP contribution in [0.3, 0.4) is 0 Å². The van der Waals surface area contributed by atoms with Crippen molar-refractivity contribution in [3.8, 4) is 11.5 Å². The van der Waals surface area contributed by atoms with Gasteiger partial charge >= 0.3 is 0 Å². The summed E-state index contributed by atoms with van der Waals surface area (Å²) in [5.41, 5.74) is 11.7. The Morgan fingerprint density at radius 2 is 1.42 bits per heavy atom. The van der Waals surface area contributed by atoms with Crippen LogP contribution in [0.5, 0.6) is 11.5 Å². The fourth-order valence-corrected chi connectivity index (χ4v) is 4.90. The predicted molar refractivity (Wildman–Crippen MR) is 135 cm³/mol. The van der Waals surface area contributed by atoms with E-state index < -0.39 is 17.0 Å². The number of carbonyl (C=O) groups excluding carboxylic acids is 2. The summed E-state index contributed by atoms with van der Waals surface area (Å²) in [4.78, 5) is 62.9. The second-order valence-electron chi connectivity index (χ2n) is 7.87. The van der Waals surface area contributed by atoms with E-state index in [0.717, 1.165) is 23.5 Å². The van der Waals surface area contributed by atoms with Gasteiger partial charge in [-0.2, -0.15) is 0 Å². The molecule has 0 amide bonds. The topological polar surface area (TPSA) is 196 Å². The number of nitrogens with zero attached hydrogens (tertiary/aromatic N) is 2. The number of nitrogens with two attached hydrogens (primary N) is 2. The number of ketones is 2. The summed E-state index contributed by atoms with van der Waals surface area (Å²) in [6.07, 6.45) is 0. The summed E-state index contributed by atoms with van der Waals surface area (Å²) in [5.74, 6) is -0.413. The molecule has 0 bridgehead atoms. The average Bonchev–Trinajstić information content (AvgIpc) is 3.27. The van der Waals surface area contributed by atoms with Crippen LogP contribution in [0.2, 0.25) is 0 Å². The van der Waals surface area contributed by atoms with E-state index in [0.29, 0.717) is 17.1 Å². The Morgan fingerprint density at radius 1 is 0.917 bits per heavy atom. The zero-order valence-electron chi connectivity index (χ0n) is 19.2. The largest absolute Gasteiger partial charge is 0.454 e. The van der Waals surface area contributed by atoms with E-state index >= 15 is 0 Å². The second-order valence-corrected chi connectivity index (χ2v) is 9.80. The third kappa shape index (κ3) is 5.39. The highest BCUT2D eigenvalue weighted by Gasteiger charge is 2.31. The van der Waals surface area contributed by atoms with Gasteiger partial charge in [-0.3, -0.25) is 19.2 Å². The Labute approximate surface area is 212 Å². The molecule has 0 saturated carbocycles. The van der Waals surface area contributed by atoms with Gasteiger partial charge in [-0.05, 0) is 31.5 Å². The van der Waals surface area contributed by atoms with Crippen molar-refractivity contribution < 1.29 is 19.1 Å². The Balaban J connectivity index is 1.87. The van der Waals surface area contributed by atoms with Crippen molar-refractivity contribution in [1.82, 2.24) is 19.9 Å². The first-order valence-electron chi connectivity index (χ1n) is 10.6. The summed E-state index contributed by atoms with van der Waals surface area (Å²) in [5, 5.41) is 0.328. The van der Waals surface area contributed by atoms with Crippen LogP contribution in [-0.2, 0) is 9.59 Å². The van der Waals surface area contributed by atoms with Gasteiger partial charge in [0.05, 0.1) is 28.6 Å². The van der Waals surface area contributed by atoms with Crippen molar-refractivity contribution >= 4 is 46.7 Å². The number of hydrogen-bond acceptors (Lipinski definition) is 12. The van der Waals surface area contributed by atoms with Crippen molar-refractivity contribution in [1.29, 1.82) is 0 Å². The van der Waals surface area contributed by atoms with Gasteiger partial charge in [-0.1, -0.05) is 29.6 Å². The van der Waals surface area contributed by atoms with Crippen molar-refractivity contribution in [3.05, 3.63) is 55.6 Å². The lowest BCUT2D eigenvalue weighted by atomic mass is 9.86. The second kappa shape index (κ2) is 10.5. The van der Waals surface area contributed by atoms with E-state index in [4.69, 9.17) is 20.9 Å². The molecule has 3 aromatic rings. The maximum atomic E-state index is 13.2. The van der Waals surface area contributed by atoms with E-state index in [1.165, 1.54) is 13.8 Å². The maximum absolute atomic E-state index is 13.2. The quantitative estimate of drug-likeness (QED) is 0.229. The molecule has 0 radical (unpaired) electrons. The van der Waals surface area contributed by atoms with Crippen molar-refractivity contribution in [2.24, 2.45) is 0 Å². The number of aromatic nitrogens is 4. The molecule has 2 aromatic heterocycles. The fraction of sp³-hybridized carbons (Fsp3) is 0.273. The number of H-pyrrole nitrogens is 2. The van der Waals surface area contributed by atoms with E-state index in [1.54, 1.807) is 18.2 Å². The molecule has 4 rings (SSSR count). The van der Waals surface area contributed by atoms with Crippen molar-refractivity contribution in [2.45, 2.75) is 30.1 Å². The molecule has 12 nitrogen and oxygen atoms in total. The number of nitrogens with one attached hydrogen (secondary N) is 2. The van der Waals surface area contributed by atoms with Gasteiger partial charge in [0.15, 0.2) is 21.8 Å². The maximum Gasteiger partial charge on any atom is 0.257 e. The van der Waals surface area contributed by atoms with Gasteiger partial charge in [0.2, 0.25) is 6.79 Å². The van der Waals surface area contributed by atoms with E-state index in [1.807, 2.05) is 0 Å². The Kier molecular flexibility index (Phi) is 7.35. The first kappa shape index (κ1) is 25.3. The molecule has 1 aromatic carbocycles. The number of benzene rings is 1. The zero-order valence-corrected chi connectivity index (χ0v) is 20.9. The minimum Gasteiger partial charge on any atom is -0.454 e. The molecule has 1 aliphatic rings. The smallest absolute Gasteiger partial charge is 0.257 e. The Morgan fingerprint density at radius 3 is 1.89 bits per heavy atom. The van der Waals surface area contributed by atoms with Crippen LogP contribution in [0.1, 0.15) is 36.5 Å². The minimum atomic E-state index is -1.06. The van der Waals surface area contributed by atoms with Crippen molar-refractivity contribution in [2.75, 3.05) is 29.8 Å². The van der Waals surface area contributed by atoms with Crippen LogP contribution < -0.4 is 32.1 Å². The molecule has 0 aliphatic carbocycles. The van der Waals surface area contributed by atoms with Crippen LogP contribution in [0, 0.1) is 0 Å². The van der Waals surface area contributed by atoms with Gasteiger partial charge < -0.3 is 30.9 Å². The molecular weight excluding hydrogens is 508 g/mol. The molecule has 0 fully saturated rings. The van der Waals surface area contributed by atoms with E-state index in [-0.39, 0.29) is 62.9 Å². The molecule has 14 heteroatoms. The summed E-state index contributed by atoms with van der Waals surface area (Å²) in [6.45, 7) is 2.86. The number of thioether (sulfide) groups is 2. The summed E-state index contributed by atoms with van der Waals surface area (Å²) in [6, 6.07) is 4.93. The third-order valence-corrected chi connectivity index (χ3v) is 7.09. The molecule has 0 spiro atoms. The van der Waals surface area contributed by atoms with E-state index in [9.17, 15) is 19.2 Å². The number of carbonyl (C=O) groups is 2. The highest BCUT2D eigenvalue weighted by Crippen LogP contribution is 2.39. The number of nitrogen functional groups attached to an aromatic ring is 2. The fourth-order valence-electron chi connectivity index (χ4n) is 3.56. The van der Waals surface area contributed by atoms with Crippen LogP contribution in [0.4, 0.5) is 11.6 Å². The molecule has 188 valence electrons. The van der Waals surface area contributed by atoms with E-state index in [2.05, 4.69) is 19.9 Å². The first-order chi connectivity index (χ1) is 17.1. The highest BCUT2D eigenvalue weighted by molar-refractivity contribution is 8.00. The molecule has 1 aliphatic heterocycles. The SMILES string of the molecule is CC(=O)CSc1nc(N)c(C(c2ccc3c(c2)OCO3)c2c(N)nc(SCC(C)=O)[nH]c2=O)c(=O)[nH]1. The van der Waals surface area contributed by atoms with Crippen LogP contribution in [0.15, 0.2) is 38.1 Å². The van der Waals surface area contributed by atoms with Gasteiger partial charge in [-0.15, -0.1) is 0 Å².